The van der Waals surface area contributed by atoms with Crippen LogP contribution in [0.25, 0.3) is 32.7 Å². The van der Waals surface area contributed by atoms with Crippen LogP contribution in [-0.4, -0.2) is 0 Å². The summed E-state index contributed by atoms with van der Waals surface area (Å²) in [5.74, 6) is 0. The van der Waals surface area contributed by atoms with Crippen molar-refractivity contribution in [3.8, 4) is 11.1 Å². The SMILES string of the molecule is [c]1ccc2cc3c(-c4ccccc4)cccc3cc2c1. The fourth-order valence-corrected chi connectivity index (χ4v) is 2.77. The van der Waals surface area contributed by atoms with Gasteiger partial charge in [-0.3, -0.25) is 0 Å². The monoisotopic (exact) mass is 253 g/mol. The van der Waals surface area contributed by atoms with Gasteiger partial charge in [-0.25, -0.2) is 0 Å². The molecule has 0 fully saturated rings. The Hall–Kier alpha value is -2.60. The average Bonchev–Trinajstić information content (AvgIpc) is 2.53. The minimum absolute atomic E-state index is 1.24. The van der Waals surface area contributed by atoms with Crippen molar-refractivity contribution in [1.29, 1.82) is 0 Å². The minimum atomic E-state index is 1.24. The summed E-state index contributed by atoms with van der Waals surface area (Å²) in [4.78, 5) is 0. The Morgan fingerprint density at radius 3 is 2.45 bits per heavy atom. The second-order valence-corrected chi connectivity index (χ2v) is 5.02. The first-order valence-corrected chi connectivity index (χ1v) is 6.80. The molecular weight excluding hydrogens is 240 g/mol. The number of hydrogen-bond donors (Lipinski definition) is 0. The lowest BCUT2D eigenvalue weighted by Crippen LogP contribution is -1.82. The standard InChI is InChI=1S/C20H13/c1-2-7-15(8-3-1)19-12-6-11-18-13-16-9-4-5-10-17(16)14-20(18)19/h1-3,5-14H. The third kappa shape index (κ3) is 1.78. The van der Waals surface area contributed by atoms with Crippen molar-refractivity contribution in [2.75, 3.05) is 0 Å². The zero-order chi connectivity index (χ0) is 13.4. The van der Waals surface area contributed by atoms with E-state index in [9.17, 15) is 0 Å². The van der Waals surface area contributed by atoms with Crippen LogP contribution in [0, 0.1) is 6.07 Å². The fraction of sp³-hybridized carbons (Fsp3) is 0. The van der Waals surface area contributed by atoms with Gasteiger partial charge in [0.15, 0.2) is 0 Å². The smallest absolute Gasteiger partial charge is 0.00990 e. The van der Waals surface area contributed by atoms with E-state index in [0.717, 1.165) is 0 Å². The molecule has 4 rings (SSSR count). The van der Waals surface area contributed by atoms with Gasteiger partial charge in [-0.05, 0) is 56.9 Å². The predicted molar refractivity (Wildman–Crippen MR) is 85.7 cm³/mol. The average molecular weight is 253 g/mol. The van der Waals surface area contributed by atoms with E-state index in [0.29, 0.717) is 0 Å². The van der Waals surface area contributed by atoms with Crippen LogP contribution in [0.3, 0.4) is 0 Å². The van der Waals surface area contributed by atoms with Crippen LogP contribution in [0.2, 0.25) is 0 Å². The molecule has 0 aliphatic rings. The first kappa shape index (κ1) is 11.2. The maximum atomic E-state index is 3.15. The third-order valence-electron chi connectivity index (χ3n) is 3.77. The maximum absolute atomic E-state index is 3.15. The molecule has 0 spiro atoms. The molecule has 0 aromatic heterocycles. The highest BCUT2D eigenvalue weighted by atomic mass is 14.1. The fourth-order valence-electron chi connectivity index (χ4n) is 2.77. The van der Waals surface area contributed by atoms with Crippen LogP contribution in [0.4, 0.5) is 0 Å². The van der Waals surface area contributed by atoms with Gasteiger partial charge in [0, 0.05) is 0 Å². The van der Waals surface area contributed by atoms with Crippen LogP contribution in [-0.2, 0) is 0 Å². The number of fused-ring (bicyclic) bond motifs is 2. The Labute approximate surface area is 118 Å². The van der Waals surface area contributed by atoms with Crippen molar-refractivity contribution in [2.45, 2.75) is 0 Å². The van der Waals surface area contributed by atoms with Crippen LogP contribution >= 0.6 is 0 Å². The summed E-state index contributed by atoms with van der Waals surface area (Å²) < 4.78 is 0. The lowest BCUT2D eigenvalue weighted by molar-refractivity contribution is 1.66. The van der Waals surface area contributed by atoms with E-state index < -0.39 is 0 Å². The van der Waals surface area contributed by atoms with Crippen LogP contribution < -0.4 is 0 Å². The van der Waals surface area contributed by atoms with Gasteiger partial charge in [-0.2, -0.15) is 0 Å². The molecule has 0 aliphatic heterocycles. The first-order chi connectivity index (χ1) is 9.92. The zero-order valence-electron chi connectivity index (χ0n) is 11.0. The molecule has 20 heavy (non-hydrogen) atoms. The van der Waals surface area contributed by atoms with E-state index in [-0.39, 0.29) is 0 Å². The Kier molecular flexibility index (Phi) is 2.53. The molecule has 0 heteroatoms. The second-order valence-electron chi connectivity index (χ2n) is 5.02. The Morgan fingerprint density at radius 2 is 1.55 bits per heavy atom. The topological polar surface area (TPSA) is 0 Å². The van der Waals surface area contributed by atoms with Crippen molar-refractivity contribution < 1.29 is 0 Å². The molecule has 0 amide bonds. The summed E-state index contributed by atoms with van der Waals surface area (Å²) >= 11 is 0. The highest BCUT2D eigenvalue weighted by Crippen LogP contribution is 2.31. The van der Waals surface area contributed by atoms with Crippen molar-refractivity contribution in [3.05, 3.63) is 84.9 Å². The predicted octanol–water partition coefficient (Wildman–Crippen LogP) is 5.46. The van der Waals surface area contributed by atoms with Gasteiger partial charge in [0.05, 0.1) is 0 Å². The summed E-state index contributed by atoms with van der Waals surface area (Å²) in [6.07, 6.45) is 0. The summed E-state index contributed by atoms with van der Waals surface area (Å²) in [6.45, 7) is 0. The Bertz CT molecular complexity index is 889. The molecule has 4 aromatic carbocycles. The van der Waals surface area contributed by atoms with Gasteiger partial charge >= 0.3 is 0 Å². The summed E-state index contributed by atoms with van der Waals surface area (Å²) in [5, 5.41) is 5.08. The van der Waals surface area contributed by atoms with Crippen LogP contribution in [0.15, 0.2) is 78.9 Å². The van der Waals surface area contributed by atoms with Gasteiger partial charge in [-0.15, -0.1) is 0 Å². The first-order valence-electron chi connectivity index (χ1n) is 6.80. The Balaban J connectivity index is 2.09. The van der Waals surface area contributed by atoms with E-state index >= 15 is 0 Å². The molecule has 0 saturated carbocycles. The van der Waals surface area contributed by atoms with E-state index in [4.69, 9.17) is 0 Å². The van der Waals surface area contributed by atoms with Crippen molar-refractivity contribution in [1.82, 2.24) is 0 Å². The lowest BCUT2D eigenvalue weighted by Gasteiger charge is -2.08. The molecule has 4 aromatic rings. The largest absolute Gasteiger partial charge is 0.0622 e. The molecule has 0 nitrogen and oxygen atoms in total. The van der Waals surface area contributed by atoms with Crippen molar-refractivity contribution in [2.24, 2.45) is 0 Å². The summed E-state index contributed by atoms with van der Waals surface area (Å²) in [7, 11) is 0. The zero-order valence-corrected chi connectivity index (χ0v) is 11.0. The van der Waals surface area contributed by atoms with Crippen LogP contribution in [0.1, 0.15) is 0 Å². The molecule has 0 aliphatic carbocycles. The maximum Gasteiger partial charge on any atom is -0.00990 e. The van der Waals surface area contributed by atoms with Gasteiger partial charge in [-0.1, -0.05) is 60.7 Å². The molecule has 0 bridgehead atoms. The molecule has 0 unspecified atom stereocenters. The van der Waals surface area contributed by atoms with Gasteiger partial charge in [0.2, 0.25) is 0 Å². The number of rotatable bonds is 1. The lowest BCUT2D eigenvalue weighted by atomic mass is 9.96. The second kappa shape index (κ2) is 4.50. The normalized spacial score (nSPS) is 11.0. The molecule has 0 heterocycles. The van der Waals surface area contributed by atoms with Crippen LogP contribution in [0.5, 0.6) is 0 Å². The Morgan fingerprint density at radius 1 is 0.650 bits per heavy atom. The number of hydrogen-bond acceptors (Lipinski definition) is 0. The van der Waals surface area contributed by atoms with E-state index in [1.165, 1.54) is 32.7 Å². The molecule has 0 atom stereocenters. The molecule has 0 N–H and O–H groups in total. The van der Waals surface area contributed by atoms with Crippen molar-refractivity contribution in [3.63, 3.8) is 0 Å². The van der Waals surface area contributed by atoms with Gasteiger partial charge in [0.25, 0.3) is 0 Å². The molecule has 1 radical (unpaired) electrons. The molecule has 93 valence electrons. The number of benzene rings is 4. The quantitative estimate of drug-likeness (QED) is 0.395. The molecular formula is C20H13. The van der Waals surface area contributed by atoms with Gasteiger partial charge in [0.1, 0.15) is 0 Å². The molecule has 0 saturated heterocycles. The third-order valence-corrected chi connectivity index (χ3v) is 3.77. The van der Waals surface area contributed by atoms with Gasteiger partial charge < -0.3 is 0 Å². The summed E-state index contributed by atoms with van der Waals surface area (Å²) in [5.41, 5.74) is 2.55. The van der Waals surface area contributed by atoms with E-state index in [1.54, 1.807) is 0 Å². The van der Waals surface area contributed by atoms with E-state index in [2.05, 4.69) is 72.8 Å². The minimum Gasteiger partial charge on any atom is -0.0622 e. The highest BCUT2D eigenvalue weighted by Gasteiger charge is 2.04. The van der Waals surface area contributed by atoms with E-state index in [1.807, 2.05) is 12.1 Å². The van der Waals surface area contributed by atoms with Crippen molar-refractivity contribution >= 4 is 21.5 Å². The highest BCUT2D eigenvalue weighted by molar-refractivity contribution is 6.04. The summed E-state index contributed by atoms with van der Waals surface area (Å²) in [6, 6.07) is 30.9.